The zero-order chi connectivity index (χ0) is 50.7. The van der Waals surface area contributed by atoms with E-state index >= 15 is 0 Å². The summed E-state index contributed by atoms with van der Waals surface area (Å²) in [5, 5.41) is 29.4. The quantitative estimate of drug-likeness (QED) is 0.0934. The van der Waals surface area contributed by atoms with Crippen molar-refractivity contribution in [1.29, 1.82) is 5.26 Å². The maximum Gasteiger partial charge on any atom is 0.253 e. The second kappa shape index (κ2) is 21.4. The van der Waals surface area contributed by atoms with Gasteiger partial charge in [-0.3, -0.25) is 24.1 Å². The first-order valence-corrected chi connectivity index (χ1v) is 25.1. The highest BCUT2D eigenvalue weighted by molar-refractivity contribution is 7.13. The fourth-order valence-corrected chi connectivity index (χ4v) is 11.3. The van der Waals surface area contributed by atoms with Crippen molar-refractivity contribution in [3.05, 3.63) is 93.7 Å². The van der Waals surface area contributed by atoms with Gasteiger partial charge in [0, 0.05) is 74.8 Å². The summed E-state index contributed by atoms with van der Waals surface area (Å²) in [4.78, 5) is 70.4. The molecule has 16 nitrogen and oxygen atoms in total. The zero-order valence-electron chi connectivity index (χ0n) is 41.5. The van der Waals surface area contributed by atoms with Crippen molar-refractivity contribution in [2.75, 3.05) is 57.4 Å². The number of aliphatic hydroxyl groups is 1. The second-order valence-electron chi connectivity index (χ2n) is 21.0. The van der Waals surface area contributed by atoms with Crippen molar-refractivity contribution in [2.24, 2.45) is 16.2 Å². The minimum Gasteiger partial charge on any atom is -0.489 e. The largest absolute Gasteiger partial charge is 0.489 e. The van der Waals surface area contributed by atoms with Crippen LogP contribution in [0.3, 0.4) is 0 Å². The SMILES string of the molecule is Cc1ncsc1-c1ccc([C@H](C)NC(=O)[C@@H]2C[C@@H](O)CN2C(=O)[C@@H](NC(=O)COCCN2CCN(c3ccc(C(=O)NC4C(C)(C)C(Oc5ccc(C#N)c(Cl)c5)C4(C)C)cn3)CC2)C(C)(C)C)cc1. The van der Waals surface area contributed by atoms with Gasteiger partial charge in [0.1, 0.15) is 42.4 Å². The van der Waals surface area contributed by atoms with E-state index in [0.717, 1.165) is 40.6 Å². The third-order valence-electron chi connectivity index (χ3n) is 14.0. The number of halogens is 1. The second-order valence-corrected chi connectivity index (χ2v) is 22.2. The van der Waals surface area contributed by atoms with Gasteiger partial charge >= 0.3 is 0 Å². The molecular formula is C52H66ClN9O7S. The van der Waals surface area contributed by atoms with Crippen LogP contribution in [0.15, 0.2) is 66.3 Å². The molecule has 374 valence electrons. The summed E-state index contributed by atoms with van der Waals surface area (Å²) in [6.45, 7) is 21.2. The number of amides is 4. The van der Waals surface area contributed by atoms with E-state index in [0.29, 0.717) is 48.1 Å². The molecule has 0 bridgehead atoms. The third kappa shape index (κ3) is 11.6. The monoisotopic (exact) mass is 995 g/mol. The molecule has 4 atom stereocenters. The normalized spacial score (nSPS) is 21.7. The van der Waals surface area contributed by atoms with E-state index in [1.54, 1.807) is 41.8 Å². The predicted octanol–water partition coefficient (Wildman–Crippen LogP) is 6.16. The fraction of sp³-hybridized carbons (Fsp3) is 0.519. The lowest BCUT2D eigenvalue weighted by Gasteiger charge is -2.63. The number of nitrogens with one attached hydrogen (secondary N) is 3. The summed E-state index contributed by atoms with van der Waals surface area (Å²) in [6.07, 6.45) is 0.599. The Morgan fingerprint density at radius 3 is 2.29 bits per heavy atom. The van der Waals surface area contributed by atoms with Crippen LogP contribution < -0.4 is 25.6 Å². The average molecular weight is 997 g/mol. The minimum atomic E-state index is -0.966. The highest BCUT2D eigenvalue weighted by atomic mass is 35.5. The van der Waals surface area contributed by atoms with Crippen LogP contribution in [0.4, 0.5) is 5.82 Å². The highest BCUT2D eigenvalue weighted by Crippen LogP contribution is 2.55. The van der Waals surface area contributed by atoms with Crippen LogP contribution in [0.1, 0.15) is 95.0 Å². The van der Waals surface area contributed by atoms with Crippen LogP contribution in [0.5, 0.6) is 5.75 Å². The number of hydrogen-bond donors (Lipinski definition) is 4. The molecule has 2 aromatic heterocycles. The molecular weight excluding hydrogens is 930 g/mol. The lowest BCUT2D eigenvalue weighted by molar-refractivity contribution is -0.164. The number of anilines is 1. The average Bonchev–Trinajstić information content (AvgIpc) is 3.95. The molecule has 2 aliphatic heterocycles. The van der Waals surface area contributed by atoms with Gasteiger partial charge in [-0.2, -0.15) is 5.26 Å². The van der Waals surface area contributed by atoms with Crippen LogP contribution in [0.25, 0.3) is 10.4 Å². The number of aryl methyl sites for hydroxylation is 1. The number of thiazole rings is 1. The number of aromatic nitrogens is 2. The van der Waals surface area contributed by atoms with Gasteiger partial charge in [-0.1, -0.05) is 84.3 Å². The van der Waals surface area contributed by atoms with Gasteiger partial charge in [0.2, 0.25) is 17.7 Å². The van der Waals surface area contributed by atoms with Gasteiger partial charge in [-0.15, -0.1) is 11.3 Å². The molecule has 2 aromatic carbocycles. The molecule has 1 aliphatic carbocycles. The Labute approximate surface area is 420 Å². The topological polar surface area (TPSA) is 202 Å². The maximum atomic E-state index is 14.1. The van der Waals surface area contributed by atoms with Crippen LogP contribution in [0.2, 0.25) is 5.02 Å². The standard InChI is InChI=1S/C52H66ClN9O7S/c1-31(33-10-12-34(13-11-33)43-32(2)56-30-70-43)57-46(66)40-24-37(63)28-62(40)47(67)44(50(3,4)5)58-42(64)29-68-23-22-60-18-20-61(21-19-60)41-17-15-36(27-55-41)45(65)59-48-51(6,7)49(52(48,8)9)69-38-16-14-35(26-54)39(53)25-38/h10-17,25,27,30-31,37,40,44,48-49,63H,18-24,28-29H2,1-9H3,(H,57,66)(H,58,64)(H,59,65)/t31-,37+,40-,44+,48?,49?/m0/s1. The number of aliphatic hydroxyl groups excluding tert-OH is 1. The van der Waals surface area contributed by atoms with Crippen molar-refractivity contribution in [3.63, 3.8) is 0 Å². The van der Waals surface area contributed by atoms with Gasteiger partial charge in [-0.25, -0.2) is 9.97 Å². The smallest absolute Gasteiger partial charge is 0.253 e. The molecule has 7 rings (SSSR count). The highest BCUT2D eigenvalue weighted by Gasteiger charge is 2.64. The molecule has 4 heterocycles. The number of nitriles is 1. The maximum absolute atomic E-state index is 14.1. The number of rotatable bonds is 16. The molecule has 2 saturated heterocycles. The number of piperazine rings is 1. The lowest BCUT2D eigenvalue weighted by Crippen LogP contribution is -2.74. The number of nitrogens with zero attached hydrogens (tertiary/aromatic N) is 6. The van der Waals surface area contributed by atoms with Crippen LogP contribution >= 0.6 is 22.9 Å². The molecule has 0 radical (unpaired) electrons. The summed E-state index contributed by atoms with van der Waals surface area (Å²) in [6, 6.07) is 16.3. The van der Waals surface area contributed by atoms with Gasteiger partial charge in [0.25, 0.3) is 5.91 Å². The molecule has 4 aromatic rings. The van der Waals surface area contributed by atoms with Crippen LogP contribution in [0, 0.1) is 34.5 Å². The molecule has 18 heteroatoms. The van der Waals surface area contributed by atoms with E-state index in [1.807, 2.05) is 70.5 Å². The summed E-state index contributed by atoms with van der Waals surface area (Å²) in [5.41, 5.74) is 4.06. The molecule has 70 heavy (non-hydrogen) atoms. The summed E-state index contributed by atoms with van der Waals surface area (Å²) < 4.78 is 12.2. The van der Waals surface area contributed by atoms with Crippen LogP contribution in [-0.2, 0) is 19.1 Å². The number of hydrogen-bond acceptors (Lipinski definition) is 13. The molecule has 0 spiro atoms. The van der Waals surface area contributed by atoms with Crippen LogP contribution in [-0.4, -0.2) is 131 Å². The van der Waals surface area contributed by atoms with Crippen molar-refractivity contribution in [1.82, 2.24) is 35.7 Å². The minimum absolute atomic E-state index is 0.0190. The number of ether oxygens (including phenoxy) is 2. The molecule has 3 aliphatic rings. The van der Waals surface area contributed by atoms with E-state index in [9.17, 15) is 29.5 Å². The number of carbonyl (C=O) groups is 4. The molecule has 4 N–H and O–H groups in total. The Balaban J connectivity index is 0.831. The van der Waals surface area contributed by atoms with Crippen molar-refractivity contribution >= 4 is 52.4 Å². The molecule has 4 amide bonds. The Morgan fingerprint density at radius 1 is 0.986 bits per heavy atom. The fourth-order valence-electron chi connectivity index (χ4n) is 10.3. The molecule has 0 unspecified atom stereocenters. The molecule has 3 fully saturated rings. The first kappa shape index (κ1) is 52.2. The Hall–Kier alpha value is -5.64. The van der Waals surface area contributed by atoms with Crippen molar-refractivity contribution in [3.8, 4) is 22.3 Å². The zero-order valence-corrected chi connectivity index (χ0v) is 43.1. The Kier molecular flexibility index (Phi) is 15.9. The summed E-state index contributed by atoms with van der Waals surface area (Å²) >= 11 is 7.83. The van der Waals surface area contributed by atoms with Crippen molar-refractivity contribution in [2.45, 2.75) is 105 Å². The van der Waals surface area contributed by atoms with E-state index in [1.165, 1.54) is 4.90 Å². The molecule has 1 saturated carbocycles. The van der Waals surface area contributed by atoms with E-state index < -0.39 is 46.2 Å². The first-order chi connectivity index (χ1) is 33.1. The number of carbonyl (C=O) groups excluding carboxylic acids is 4. The van der Waals surface area contributed by atoms with Crippen molar-refractivity contribution < 1.29 is 33.8 Å². The number of benzene rings is 2. The number of likely N-dealkylation sites (tertiary alicyclic amines) is 1. The van der Waals surface area contributed by atoms with Gasteiger partial charge in [0.15, 0.2) is 0 Å². The van der Waals surface area contributed by atoms with E-state index in [4.69, 9.17) is 21.1 Å². The Bertz CT molecular complexity index is 2550. The van der Waals surface area contributed by atoms with Gasteiger partial charge < -0.3 is 40.3 Å². The number of pyridine rings is 1. The van der Waals surface area contributed by atoms with E-state index in [-0.39, 0.29) is 49.6 Å². The van der Waals surface area contributed by atoms with Gasteiger partial charge in [0.05, 0.1) is 51.0 Å². The van der Waals surface area contributed by atoms with E-state index in [2.05, 4.69) is 69.5 Å². The number of β-amino-alcohol motifs (C(OH)–C–C–N with tert-alkyl or cyclic N) is 1. The third-order valence-corrected chi connectivity index (χ3v) is 15.3. The summed E-state index contributed by atoms with van der Waals surface area (Å²) in [5.74, 6) is -0.115. The summed E-state index contributed by atoms with van der Waals surface area (Å²) in [7, 11) is 0. The Morgan fingerprint density at radius 2 is 1.69 bits per heavy atom. The first-order valence-electron chi connectivity index (χ1n) is 23.9. The predicted molar refractivity (Wildman–Crippen MR) is 269 cm³/mol. The van der Waals surface area contributed by atoms with Gasteiger partial charge in [-0.05, 0) is 54.7 Å². The lowest BCUT2D eigenvalue weighted by atomic mass is 9.49.